The molecule has 0 unspecified atom stereocenters. The third-order valence-corrected chi connectivity index (χ3v) is 4.99. The predicted octanol–water partition coefficient (Wildman–Crippen LogP) is 0.831. The molecule has 114 valence electrons. The van der Waals surface area contributed by atoms with Crippen molar-refractivity contribution < 1.29 is 9.59 Å². The number of nitrogens with zero attached hydrogens (tertiary/aromatic N) is 4. The fourth-order valence-electron chi connectivity index (χ4n) is 2.83. The van der Waals surface area contributed by atoms with Gasteiger partial charge in [0.1, 0.15) is 0 Å². The molecule has 3 heterocycles. The Hall–Kier alpha value is -1.50. The number of hydrogen-bond donors (Lipinski definition) is 0. The van der Waals surface area contributed by atoms with Crippen LogP contribution in [0.4, 0.5) is 5.69 Å². The van der Waals surface area contributed by atoms with Crippen molar-refractivity contribution in [1.29, 1.82) is 0 Å². The molecule has 6 nitrogen and oxygen atoms in total. The van der Waals surface area contributed by atoms with Gasteiger partial charge in [0.15, 0.2) is 0 Å². The Balaban J connectivity index is 1.67. The first kappa shape index (κ1) is 14.4. The molecular weight excluding hydrogens is 288 g/mol. The maximum absolute atomic E-state index is 12.5. The van der Waals surface area contributed by atoms with Gasteiger partial charge in [-0.3, -0.25) is 14.3 Å². The molecule has 0 spiro atoms. The van der Waals surface area contributed by atoms with E-state index in [1.165, 1.54) is 0 Å². The number of carbonyl (C=O) groups excluding carboxylic acids is 2. The average molecular weight is 308 g/mol. The van der Waals surface area contributed by atoms with Gasteiger partial charge in [0.25, 0.3) is 0 Å². The van der Waals surface area contributed by atoms with Crippen LogP contribution < -0.4 is 4.90 Å². The molecule has 2 amide bonds. The first-order chi connectivity index (χ1) is 10.2. The summed E-state index contributed by atoms with van der Waals surface area (Å²) in [5, 5.41) is 4.20. The van der Waals surface area contributed by atoms with Crippen LogP contribution in [0.15, 0.2) is 12.4 Å². The summed E-state index contributed by atoms with van der Waals surface area (Å²) in [7, 11) is 0. The Morgan fingerprint density at radius 3 is 2.86 bits per heavy atom. The molecule has 7 heteroatoms. The van der Waals surface area contributed by atoms with Crippen molar-refractivity contribution in [1.82, 2.24) is 14.7 Å². The second-order valence-electron chi connectivity index (χ2n) is 5.40. The van der Waals surface area contributed by atoms with Crippen LogP contribution in [0.25, 0.3) is 0 Å². The minimum Gasteiger partial charge on any atom is -0.341 e. The summed E-state index contributed by atoms with van der Waals surface area (Å²) in [6.07, 6.45) is 3.88. The summed E-state index contributed by atoms with van der Waals surface area (Å²) in [6, 6.07) is 0. The lowest BCUT2D eigenvalue weighted by Crippen LogP contribution is -2.42. The molecule has 2 saturated heterocycles. The van der Waals surface area contributed by atoms with E-state index in [0.29, 0.717) is 13.0 Å². The number of anilines is 1. The fourth-order valence-corrected chi connectivity index (χ4v) is 3.73. The van der Waals surface area contributed by atoms with E-state index in [9.17, 15) is 9.59 Å². The molecule has 0 aliphatic carbocycles. The van der Waals surface area contributed by atoms with Crippen molar-refractivity contribution >= 4 is 29.3 Å². The SMILES string of the molecule is CCn1cc(N2C[C@@H](C(=O)N3CCSCC3)CC2=O)cn1. The molecule has 1 aromatic rings. The zero-order valence-corrected chi connectivity index (χ0v) is 13.0. The Morgan fingerprint density at radius 1 is 1.43 bits per heavy atom. The van der Waals surface area contributed by atoms with Gasteiger partial charge in [-0.1, -0.05) is 0 Å². The van der Waals surface area contributed by atoms with E-state index in [1.54, 1.807) is 15.8 Å². The summed E-state index contributed by atoms with van der Waals surface area (Å²) >= 11 is 1.88. The van der Waals surface area contributed by atoms with Crippen LogP contribution >= 0.6 is 11.8 Å². The fraction of sp³-hybridized carbons (Fsp3) is 0.643. The molecule has 0 saturated carbocycles. The number of aryl methyl sites for hydroxylation is 1. The van der Waals surface area contributed by atoms with E-state index in [4.69, 9.17) is 0 Å². The topological polar surface area (TPSA) is 58.4 Å². The number of aromatic nitrogens is 2. The molecule has 0 N–H and O–H groups in total. The van der Waals surface area contributed by atoms with E-state index in [1.807, 2.05) is 29.8 Å². The van der Waals surface area contributed by atoms with Gasteiger partial charge < -0.3 is 9.80 Å². The highest BCUT2D eigenvalue weighted by Gasteiger charge is 2.37. The molecule has 0 bridgehead atoms. The molecular formula is C14H20N4O2S. The zero-order chi connectivity index (χ0) is 14.8. The normalized spacial score (nSPS) is 22.9. The minimum atomic E-state index is -0.203. The summed E-state index contributed by atoms with van der Waals surface area (Å²) in [4.78, 5) is 28.3. The molecule has 2 aliphatic rings. The maximum atomic E-state index is 12.5. The van der Waals surface area contributed by atoms with Gasteiger partial charge in [0, 0.05) is 50.3 Å². The molecule has 0 radical (unpaired) electrons. The largest absolute Gasteiger partial charge is 0.341 e. The number of rotatable bonds is 3. The van der Waals surface area contributed by atoms with Crippen LogP contribution in [0.1, 0.15) is 13.3 Å². The van der Waals surface area contributed by atoms with Gasteiger partial charge in [-0.2, -0.15) is 16.9 Å². The van der Waals surface area contributed by atoms with Crippen LogP contribution in [-0.2, 0) is 16.1 Å². The molecule has 1 aromatic heterocycles. The standard InChI is InChI=1S/C14H20N4O2S/c1-2-17-10-12(8-15-17)18-9-11(7-13(18)19)14(20)16-3-5-21-6-4-16/h8,10-11H,2-7,9H2,1H3/t11-/m0/s1. The molecule has 0 aromatic carbocycles. The van der Waals surface area contributed by atoms with E-state index >= 15 is 0 Å². The van der Waals surface area contributed by atoms with Crippen molar-refractivity contribution in [2.24, 2.45) is 5.92 Å². The van der Waals surface area contributed by atoms with Gasteiger partial charge in [0.2, 0.25) is 11.8 Å². The Labute approximate surface area is 128 Å². The van der Waals surface area contributed by atoms with Crippen molar-refractivity contribution in [3.05, 3.63) is 12.4 Å². The van der Waals surface area contributed by atoms with Crippen molar-refractivity contribution in [2.45, 2.75) is 19.9 Å². The minimum absolute atomic E-state index is 0.0235. The van der Waals surface area contributed by atoms with Crippen LogP contribution in [-0.4, -0.2) is 57.6 Å². The number of amides is 2. The molecule has 1 atom stereocenters. The lowest BCUT2D eigenvalue weighted by atomic mass is 10.1. The zero-order valence-electron chi connectivity index (χ0n) is 12.2. The third kappa shape index (κ3) is 2.92. The Morgan fingerprint density at radius 2 is 2.19 bits per heavy atom. The predicted molar refractivity (Wildman–Crippen MR) is 82.3 cm³/mol. The van der Waals surface area contributed by atoms with Gasteiger partial charge >= 0.3 is 0 Å². The number of thioether (sulfide) groups is 1. The smallest absolute Gasteiger partial charge is 0.228 e. The number of hydrogen-bond acceptors (Lipinski definition) is 4. The first-order valence-corrected chi connectivity index (χ1v) is 8.54. The highest BCUT2D eigenvalue weighted by atomic mass is 32.2. The van der Waals surface area contributed by atoms with Crippen molar-refractivity contribution in [3.8, 4) is 0 Å². The van der Waals surface area contributed by atoms with Gasteiger partial charge in [-0.15, -0.1) is 0 Å². The van der Waals surface area contributed by atoms with E-state index in [2.05, 4.69) is 5.10 Å². The van der Waals surface area contributed by atoms with Gasteiger partial charge in [-0.25, -0.2) is 0 Å². The summed E-state index contributed by atoms with van der Waals surface area (Å²) < 4.78 is 1.79. The quantitative estimate of drug-likeness (QED) is 0.830. The second-order valence-corrected chi connectivity index (χ2v) is 6.62. The molecule has 3 rings (SSSR count). The van der Waals surface area contributed by atoms with Crippen LogP contribution in [0.5, 0.6) is 0 Å². The maximum Gasteiger partial charge on any atom is 0.228 e. The molecule has 2 fully saturated rings. The number of carbonyl (C=O) groups is 2. The summed E-state index contributed by atoms with van der Waals surface area (Å²) in [5.74, 6) is 1.95. The van der Waals surface area contributed by atoms with Gasteiger partial charge in [-0.05, 0) is 6.92 Å². The van der Waals surface area contributed by atoms with Crippen molar-refractivity contribution in [3.63, 3.8) is 0 Å². The van der Waals surface area contributed by atoms with E-state index in [-0.39, 0.29) is 17.7 Å². The monoisotopic (exact) mass is 308 g/mol. The highest BCUT2D eigenvalue weighted by Crippen LogP contribution is 2.26. The highest BCUT2D eigenvalue weighted by molar-refractivity contribution is 7.99. The first-order valence-electron chi connectivity index (χ1n) is 7.38. The lowest BCUT2D eigenvalue weighted by molar-refractivity contribution is -0.135. The Bertz CT molecular complexity index is 539. The lowest BCUT2D eigenvalue weighted by Gasteiger charge is -2.28. The van der Waals surface area contributed by atoms with E-state index in [0.717, 1.165) is 36.8 Å². The Kier molecular flexibility index (Phi) is 4.19. The van der Waals surface area contributed by atoms with Crippen molar-refractivity contribution in [2.75, 3.05) is 36.0 Å². The summed E-state index contributed by atoms with van der Waals surface area (Å²) in [6.45, 7) is 4.87. The summed E-state index contributed by atoms with van der Waals surface area (Å²) in [5.41, 5.74) is 0.798. The van der Waals surface area contributed by atoms with Crippen LogP contribution in [0.3, 0.4) is 0 Å². The van der Waals surface area contributed by atoms with Gasteiger partial charge in [0.05, 0.1) is 17.8 Å². The molecule has 21 heavy (non-hydrogen) atoms. The van der Waals surface area contributed by atoms with Crippen LogP contribution in [0.2, 0.25) is 0 Å². The second kappa shape index (κ2) is 6.09. The average Bonchev–Trinajstić information content (AvgIpc) is 3.13. The van der Waals surface area contributed by atoms with Crippen LogP contribution in [0, 0.1) is 5.92 Å². The third-order valence-electron chi connectivity index (χ3n) is 4.05. The molecule has 2 aliphatic heterocycles. The van der Waals surface area contributed by atoms with E-state index < -0.39 is 0 Å².